The second-order valence-corrected chi connectivity index (χ2v) is 5.96. The molecule has 1 heteroatoms. The van der Waals surface area contributed by atoms with Gasteiger partial charge in [-0.05, 0) is 33.7 Å². The van der Waals surface area contributed by atoms with E-state index in [1.54, 1.807) is 0 Å². The molecule has 3 aromatic rings. The third-order valence-electron chi connectivity index (χ3n) is 3.85. The minimum atomic E-state index is 0.396. The standard InChI is InChI=1S/C19H14S/c1-3-7-14(8-4-1)17-13-18(15-9-5-2-6-10-15)19-16(17)11-12-20-19/h1-13,17H. The van der Waals surface area contributed by atoms with Gasteiger partial charge in [-0.2, -0.15) is 0 Å². The highest BCUT2D eigenvalue weighted by molar-refractivity contribution is 7.11. The van der Waals surface area contributed by atoms with Crippen LogP contribution in [0.2, 0.25) is 0 Å². The maximum Gasteiger partial charge on any atom is 0.0387 e. The van der Waals surface area contributed by atoms with Gasteiger partial charge in [0.25, 0.3) is 0 Å². The van der Waals surface area contributed by atoms with Crippen molar-refractivity contribution in [1.82, 2.24) is 0 Å². The van der Waals surface area contributed by atoms with E-state index in [9.17, 15) is 0 Å². The van der Waals surface area contributed by atoms with Crippen LogP contribution in [0, 0.1) is 0 Å². The number of thiophene rings is 1. The lowest BCUT2D eigenvalue weighted by atomic mass is 9.96. The molecule has 0 amide bonds. The molecule has 0 radical (unpaired) electrons. The molecular formula is C19H14S. The Hall–Kier alpha value is -2.12. The Kier molecular flexibility index (Phi) is 2.79. The van der Waals surface area contributed by atoms with Crippen LogP contribution in [0.25, 0.3) is 5.57 Å². The number of hydrogen-bond donors (Lipinski definition) is 0. The maximum atomic E-state index is 2.41. The molecule has 0 N–H and O–H groups in total. The van der Waals surface area contributed by atoms with Crippen LogP contribution in [0.1, 0.15) is 27.5 Å². The average Bonchev–Trinajstić information content (AvgIpc) is 3.11. The Morgan fingerprint density at radius 1 is 0.750 bits per heavy atom. The number of benzene rings is 2. The second kappa shape index (κ2) is 4.77. The molecule has 20 heavy (non-hydrogen) atoms. The molecule has 0 aliphatic heterocycles. The molecule has 0 nitrogen and oxygen atoms in total. The van der Waals surface area contributed by atoms with E-state index in [1.165, 1.54) is 27.1 Å². The number of hydrogen-bond acceptors (Lipinski definition) is 1. The fraction of sp³-hybridized carbons (Fsp3) is 0.0526. The van der Waals surface area contributed by atoms with Gasteiger partial charge in [-0.1, -0.05) is 66.7 Å². The average molecular weight is 274 g/mol. The van der Waals surface area contributed by atoms with Crippen LogP contribution in [0.15, 0.2) is 78.2 Å². The summed E-state index contributed by atoms with van der Waals surface area (Å²) >= 11 is 1.85. The zero-order chi connectivity index (χ0) is 13.4. The van der Waals surface area contributed by atoms with E-state index in [1.807, 2.05) is 11.3 Å². The van der Waals surface area contributed by atoms with E-state index < -0.39 is 0 Å². The molecule has 96 valence electrons. The van der Waals surface area contributed by atoms with Gasteiger partial charge in [0.1, 0.15) is 0 Å². The molecule has 0 bridgehead atoms. The zero-order valence-electron chi connectivity index (χ0n) is 11.0. The first-order valence-electron chi connectivity index (χ1n) is 6.83. The fourth-order valence-electron chi connectivity index (χ4n) is 2.90. The molecular weight excluding hydrogens is 260 g/mol. The summed E-state index contributed by atoms with van der Waals surface area (Å²) in [6.45, 7) is 0. The van der Waals surface area contributed by atoms with Gasteiger partial charge in [0.15, 0.2) is 0 Å². The first-order chi connectivity index (χ1) is 9.93. The van der Waals surface area contributed by atoms with Crippen LogP contribution in [-0.2, 0) is 0 Å². The summed E-state index contributed by atoms with van der Waals surface area (Å²) in [5.41, 5.74) is 5.51. The molecule has 0 spiro atoms. The Bertz CT molecular complexity index is 751. The van der Waals surface area contributed by atoms with Gasteiger partial charge in [0.05, 0.1) is 0 Å². The van der Waals surface area contributed by atoms with Crippen molar-refractivity contribution < 1.29 is 0 Å². The van der Waals surface area contributed by atoms with Crippen molar-refractivity contribution in [2.45, 2.75) is 5.92 Å². The van der Waals surface area contributed by atoms with Crippen LogP contribution in [-0.4, -0.2) is 0 Å². The van der Waals surface area contributed by atoms with Gasteiger partial charge in [-0.3, -0.25) is 0 Å². The molecule has 1 heterocycles. The van der Waals surface area contributed by atoms with Gasteiger partial charge < -0.3 is 0 Å². The molecule has 4 rings (SSSR count). The molecule has 0 saturated carbocycles. The summed E-state index contributed by atoms with van der Waals surface area (Å²) in [6, 6.07) is 23.7. The minimum Gasteiger partial charge on any atom is -0.143 e. The van der Waals surface area contributed by atoms with Crippen molar-refractivity contribution in [3.05, 3.63) is 99.8 Å². The summed E-state index contributed by atoms with van der Waals surface area (Å²) in [5, 5.41) is 2.20. The smallest absolute Gasteiger partial charge is 0.0387 e. The normalized spacial score (nSPS) is 16.8. The molecule has 2 aromatic carbocycles. The molecule has 0 saturated heterocycles. The van der Waals surface area contributed by atoms with Crippen molar-refractivity contribution in [1.29, 1.82) is 0 Å². The summed E-state index contributed by atoms with van der Waals surface area (Å²) in [5.74, 6) is 0.396. The summed E-state index contributed by atoms with van der Waals surface area (Å²) in [6.07, 6.45) is 2.41. The highest BCUT2D eigenvalue weighted by Gasteiger charge is 2.26. The van der Waals surface area contributed by atoms with Crippen molar-refractivity contribution in [3.63, 3.8) is 0 Å². The SMILES string of the molecule is C1=C(c2ccccc2)c2sccc2C1c1ccccc1. The Morgan fingerprint density at radius 3 is 2.20 bits per heavy atom. The third-order valence-corrected chi connectivity index (χ3v) is 4.82. The molecule has 1 aliphatic rings. The molecule has 1 aliphatic carbocycles. The lowest BCUT2D eigenvalue weighted by Crippen LogP contribution is -1.92. The predicted molar refractivity (Wildman–Crippen MR) is 86.1 cm³/mol. The molecule has 1 atom stereocenters. The quantitative estimate of drug-likeness (QED) is 0.593. The van der Waals surface area contributed by atoms with Gasteiger partial charge >= 0.3 is 0 Å². The topological polar surface area (TPSA) is 0 Å². The van der Waals surface area contributed by atoms with Gasteiger partial charge in [0, 0.05) is 10.8 Å². The zero-order valence-corrected chi connectivity index (χ0v) is 11.8. The van der Waals surface area contributed by atoms with Crippen LogP contribution < -0.4 is 0 Å². The Balaban J connectivity index is 1.86. The van der Waals surface area contributed by atoms with E-state index in [0.29, 0.717) is 5.92 Å². The van der Waals surface area contributed by atoms with Crippen LogP contribution in [0.3, 0.4) is 0 Å². The van der Waals surface area contributed by atoms with Crippen molar-refractivity contribution in [3.8, 4) is 0 Å². The van der Waals surface area contributed by atoms with Crippen LogP contribution in [0.4, 0.5) is 0 Å². The fourth-order valence-corrected chi connectivity index (χ4v) is 3.89. The molecule has 1 unspecified atom stereocenters. The summed E-state index contributed by atoms with van der Waals surface area (Å²) < 4.78 is 0. The minimum absolute atomic E-state index is 0.396. The maximum absolute atomic E-state index is 2.41. The monoisotopic (exact) mass is 274 g/mol. The van der Waals surface area contributed by atoms with Gasteiger partial charge in [0.2, 0.25) is 0 Å². The lowest BCUT2D eigenvalue weighted by molar-refractivity contribution is 1.06. The third kappa shape index (κ3) is 1.83. The summed E-state index contributed by atoms with van der Waals surface area (Å²) in [4.78, 5) is 1.42. The Labute approximate surface area is 123 Å². The van der Waals surface area contributed by atoms with Crippen molar-refractivity contribution >= 4 is 16.9 Å². The van der Waals surface area contributed by atoms with Crippen molar-refractivity contribution in [2.24, 2.45) is 0 Å². The van der Waals surface area contributed by atoms with E-state index in [4.69, 9.17) is 0 Å². The summed E-state index contributed by atoms with van der Waals surface area (Å²) in [7, 11) is 0. The lowest BCUT2D eigenvalue weighted by Gasteiger charge is -2.08. The van der Waals surface area contributed by atoms with Crippen molar-refractivity contribution in [2.75, 3.05) is 0 Å². The molecule has 1 aromatic heterocycles. The van der Waals surface area contributed by atoms with Gasteiger partial charge in [-0.25, -0.2) is 0 Å². The number of fused-ring (bicyclic) bond motifs is 1. The second-order valence-electron chi connectivity index (χ2n) is 5.04. The van der Waals surface area contributed by atoms with E-state index in [2.05, 4.69) is 78.2 Å². The Morgan fingerprint density at radius 2 is 1.45 bits per heavy atom. The first-order valence-corrected chi connectivity index (χ1v) is 7.71. The first kappa shape index (κ1) is 11.7. The number of rotatable bonds is 2. The molecule has 0 fully saturated rings. The predicted octanol–water partition coefficient (Wildman–Crippen LogP) is 5.33. The highest BCUT2D eigenvalue weighted by atomic mass is 32.1. The van der Waals surface area contributed by atoms with E-state index >= 15 is 0 Å². The van der Waals surface area contributed by atoms with Gasteiger partial charge in [-0.15, -0.1) is 11.3 Å². The van der Waals surface area contributed by atoms with E-state index in [0.717, 1.165) is 0 Å². The highest BCUT2D eigenvalue weighted by Crippen LogP contribution is 2.45. The number of allylic oxidation sites excluding steroid dienone is 1. The largest absolute Gasteiger partial charge is 0.143 e. The van der Waals surface area contributed by atoms with Crippen LogP contribution in [0.5, 0.6) is 0 Å². The van der Waals surface area contributed by atoms with E-state index in [-0.39, 0.29) is 0 Å². The van der Waals surface area contributed by atoms with Crippen LogP contribution >= 0.6 is 11.3 Å².